The fraction of sp³-hybridized carbons (Fsp3) is 0.125. The summed E-state index contributed by atoms with van der Waals surface area (Å²) in [5.41, 5.74) is 1.67. The lowest BCUT2D eigenvalue weighted by molar-refractivity contribution is 0.0997. The molecule has 112 valence electrons. The number of carbonyl (C=O) groups is 1. The van der Waals surface area contributed by atoms with Crippen molar-refractivity contribution in [3.63, 3.8) is 0 Å². The van der Waals surface area contributed by atoms with Crippen LogP contribution in [0.15, 0.2) is 40.8 Å². The number of nitrogens with zero attached hydrogens (tertiary/aromatic N) is 1. The standard InChI is InChI=1S/C16H13ClN2O2S/c1-9-10(2)22-16(18-9)19-15(20)14-8-7-13(21-14)11-5-3-4-6-12(11)17/h3-8H,1-2H3,(H,18,19,20). The number of benzene rings is 1. The van der Waals surface area contributed by atoms with E-state index in [-0.39, 0.29) is 11.7 Å². The number of hydrogen-bond acceptors (Lipinski definition) is 4. The molecular formula is C16H13ClN2O2S. The van der Waals surface area contributed by atoms with E-state index >= 15 is 0 Å². The topological polar surface area (TPSA) is 55.1 Å². The molecule has 0 unspecified atom stereocenters. The fourth-order valence-electron chi connectivity index (χ4n) is 1.95. The van der Waals surface area contributed by atoms with Gasteiger partial charge < -0.3 is 4.42 Å². The molecule has 2 heterocycles. The van der Waals surface area contributed by atoms with Crippen molar-refractivity contribution < 1.29 is 9.21 Å². The molecule has 22 heavy (non-hydrogen) atoms. The highest BCUT2D eigenvalue weighted by atomic mass is 35.5. The molecule has 1 amide bonds. The number of thiazole rings is 1. The van der Waals surface area contributed by atoms with Crippen LogP contribution in [0.5, 0.6) is 0 Å². The highest BCUT2D eigenvalue weighted by molar-refractivity contribution is 7.15. The molecule has 0 spiro atoms. The van der Waals surface area contributed by atoms with Gasteiger partial charge in [0, 0.05) is 10.4 Å². The Morgan fingerprint density at radius 1 is 1.23 bits per heavy atom. The van der Waals surface area contributed by atoms with Crippen molar-refractivity contribution in [1.29, 1.82) is 0 Å². The average molecular weight is 333 g/mol. The predicted molar refractivity (Wildman–Crippen MR) is 88.7 cm³/mol. The Kier molecular flexibility index (Phi) is 4.00. The number of anilines is 1. The molecule has 1 aromatic carbocycles. The molecule has 0 aliphatic heterocycles. The zero-order chi connectivity index (χ0) is 15.7. The maximum absolute atomic E-state index is 12.2. The van der Waals surface area contributed by atoms with Crippen LogP contribution >= 0.6 is 22.9 Å². The summed E-state index contributed by atoms with van der Waals surface area (Å²) in [6, 6.07) is 10.7. The molecular weight excluding hydrogens is 320 g/mol. The number of aromatic nitrogens is 1. The minimum absolute atomic E-state index is 0.223. The fourth-order valence-corrected chi connectivity index (χ4v) is 2.99. The summed E-state index contributed by atoms with van der Waals surface area (Å²) in [6.07, 6.45) is 0. The Morgan fingerprint density at radius 3 is 2.68 bits per heavy atom. The van der Waals surface area contributed by atoms with Crippen LogP contribution in [0.3, 0.4) is 0 Å². The third-order valence-electron chi connectivity index (χ3n) is 3.22. The first-order valence-corrected chi connectivity index (χ1v) is 7.84. The number of rotatable bonds is 3. The lowest BCUT2D eigenvalue weighted by atomic mass is 10.2. The van der Waals surface area contributed by atoms with Crippen molar-refractivity contribution in [2.75, 3.05) is 5.32 Å². The summed E-state index contributed by atoms with van der Waals surface area (Å²) in [5.74, 6) is 0.453. The SMILES string of the molecule is Cc1nc(NC(=O)c2ccc(-c3ccccc3Cl)o2)sc1C. The number of carbonyl (C=O) groups excluding carboxylic acids is 1. The van der Waals surface area contributed by atoms with Gasteiger partial charge in [-0.05, 0) is 38.1 Å². The molecule has 0 bridgehead atoms. The third-order valence-corrected chi connectivity index (χ3v) is 4.54. The quantitative estimate of drug-likeness (QED) is 0.740. The Balaban J connectivity index is 1.81. The first-order chi connectivity index (χ1) is 10.5. The number of furan rings is 1. The zero-order valence-corrected chi connectivity index (χ0v) is 13.6. The maximum Gasteiger partial charge on any atom is 0.293 e. The van der Waals surface area contributed by atoms with Gasteiger partial charge in [-0.15, -0.1) is 11.3 Å². The number of amides is 1. The minimum Gasteiger partial charge on any atom is -0.451 e. The molecule has 3 aromatic rings. The number of halogens is 1. The molecule has 6 heteroatoms. The van der Waals surface area contributed by atoms with E-state index in [1.165, 1.54) is 11.3 Å². The molecule has 1 N–H and O–H groups in total. The number of aryl methyl sites for hydroxylation is 2. The van der Waals surface area contributed by atoms with E-state index in [0.717, 1.165) is 16.1 Å². The van der Waals surface area contributed by atoms with Crippen LogP contribution in [0.25, 0.3) is 11.3 Å². The van der Waals surface area contributed by atoms with Gasteiger partial charge in [0.1, 0.15) is 5.76 Å². The van der Waals surface area contributed by atoms with Crippen LogP contribution < -0.4 is 5.32 Å². The molecule has 0 atom stereocenters. The first-order valence-electron chi connectivity index (χ1n) is 6.64. The predicted octanol–water partition coefficient (Wildman–Crippen LogP) is 4.93. The van der Waals surface area contributed by atoms with Crippen LogP contribution in [0, 0.1) is 13.8 Å². The van der Waals surface area contributed by atoms with Crippen LogP contribution in [0.1, 0.15) is 21.1 Å². The second kappa shape index (κ2) is 5.94. The van der Waals surface area contributed by atoms with Gasteiger partial charge in [-0.3, -0.25) is 10.1 Å². The molecule has 0 fully saturated rings. The number of hydrogen-bond donors (Lipinski definition) is 1. The largest absolute Gasteiger partial charge is 0.451 e. The highest BCUT2D eigenvalue weighted by Crippen LogP contribution is 2.29. The molecule has 0 saturated heterocycles. The molecule has 0 saturated carbocycles. The van der Waals surface area contributed by atoms with Gasteiger partial charge in [0.2, 0.25) is 0 Å². The van der Waals surface area contributed by atoms with Crippen molar-refractivity contribution in [3.05, 3.63) is 57.8 Å². The van der Waals surface area contributed by atoms with Crippen LogP contribution in [-0.4, -0.2) is 10.9 Å². The van der Waals surface area contributed by atoms with Crippen molar-refractivity contribution in [2.45, 2.75) is 13.8 Å². The third kappa shape index (κ3) is 2.91. The van der Waals surface area contributed by atoms with E-state index in [1.54, 1.807) is 18.2 Å². The first kappa shape index (κ1) is 14.8. The van der Waals surface area contributed by atoms with Crippen molar-refractivity contribution >= 4 is 34.0 Å². The van der Waals surface area contributed by atoms with Crippen LogP contribution in [0.4, 0.5) is 5.13 Å². The summed E-state index contributed by atoms with van der Waals surface area (Å²) < 4.78 is 5.60. The van der Waals surface area contributed by atoms with Gasteiger partial charge in [0.05, 0.1) is 10.7 Å². The van der Waals surface area contributed by atoms with E-state index in [0.29, 0.717) is 15.9 Å². The smallest absolute Gasteiger partial charge is 0.293 e. The molecule has 0 aliphatic carbocycles. The monoisotopic (exact) mass is 332 g/mol. The summed E-state index contributed by atoms with van der Waals surface area (Å²) in [6.45, 7) is 3.87. The van der Waals surface area contributed by atoms with Gasteiger partial charge in [0.15, 0.2) is 10.9 Å². The molecule has 3 rings (SSSR count). The lowest BCUT2D eigenvalue weighted by Gasteiger charge is -2.00. The normalized spacial score (nSPS) is 10.7. The van der Waals surface area contributed by atoms with E-state index < -0.39 is 0 Å². The van der Waals surface area contributed by atoms with Gasteiger partial charge >= 0.3 is 0 Å². The zero-order valence-electron chi connectivity index (χ0n) is 12.0. The summed E-state index contributed by atoms with van der Waals surface area (Å²) >= 11 is 7.57. The highest BCUT2D eigenvalue weighted by Gasteiger charge is 2.15. The van der Waals surface area contributed by atoms with Crippen molar-refractivity contribution in [2.24, 2.45) is 0 Å². The Morgan fingerprint density at radius 2 is 2.00 bits per heavy atom. The van der Waals surface area contributed by atoms with E-state index in [4.69, 9.17) is 16.0 Å². The van der Waals surface area contributed by atoms with Gasteiger partial charge in [-0.2, -0.15) is 0 Å². The lowest BCUT2D eigenvalue weighted by Crippen LogP contribution is -2.10. The summed E-state index contributed by atoms with van der Waals surface area (Å²) in [7, 11) is 0. The van der Waals surface area contributed by atoms with E-state index in [1.807, 2.05) is 32.0 Å². The summed E-state index contributed by atoms with van der Waals surface area (Å²) in [5, 5.41) is 3.89. The van der Waals surface area contributed by atoms with E-state index in [2.05, 4.69) is 10.3 Å². The van der Waals surface area contributed by atoms with Crippen LogP contribution in [0.2, 0.25) is 5.02 Å². The van der Waals surface area contributed by atoms with Crippen LogP contribution in [-0.2, 0) is 0 Å². The second-order valence-corrected chi connectivity index (χ2v) is 6.37. The molecule has 2 aromatic heterocycles. The molecule has 0 aliphatic rings. The maximum atomic E-state index is 12.2. The average Bonchev–Trinajstić information content (AvgIpc) is 3.07. The Hall–Kier alpha value is -2.11. The van der Waals surface area contributed by atoms with Gasteiger partial charge in [-0.25, -0.2) is 4.98 Å². The van der Waals surface area contributed by atoms with Gasteiger partial charge in [0.25, 0.3) is 5.91 Å². The van der Waals surface area contributed by atoms with Crippen molar-refractivity contribution in [3.8, 4) is 11.3 Å². The Labute approximate surface area is 136 Å². The van der Waals surface area contributed by atoms with Crippen molar-refractivity contribution in [1.82, 2.24) is 4.98 Å². The molecule has 4 nitrogen and oxygen atoms in total. The number of nitrogens with one attached hydrogen (secondary N) is 1. The second-order valence-electron chi connectivity index (χ2n) is 4.76. The van der Waals surface area contributed by atoms with E-state index in [9.17, 15) is 4.79 Å². The van der Waals surface area contributed by atoms with Gasteiger partial charge in [-0.1, -0.05) is 23.7 Å². The minimum atomic E-state index is -0.327. The summed E-state index contributed by atoms with van der Waals surface area (Å²) in [4.78, 5) is 17.5. The Bertz CT molecular complexity index is 819. The molecule has 0 radical (unpaired) electrons.